The Labute approximate surface area is 159 Å². The number of carbonyl (C=O) groups excluding carboxylic acids is 1. The number of hydrogen-bond donors (Lipinski definition) is 1. The summed E-state index contributed by atoms with van der Waals surface area (Å²) in [6.07, 6.45) is 4.13. The fourth-order valence-corrected chi connectivity index (χ4v) is 2.80. The van der Waals surface area contributed by atoms with E-state index in [-0.39, 0.29) is 17.7 Å². The molecule has 1 N–H and O–H groups in total. The zero-order valence-corrected chi connectivity index (χ0v) is 16.9. The molecule has 0 radical (unpaired) electrons. The highest BCUT2D eigenvalue weighted by molar-refractivity contribution is 7.90. The molecule has 0 aliphatic heterocycles. The summed E-state index contributed by atoms with van der Waals surface area (Å²) in [7, 11) is -3.59. The first-order valence-electron chi connectivity index (χ1n) is 8.70. The first-order valence-corrected chi connectivity index (χ1v) is 10.6. The Bertz CT molecular complexity index is 913. The molecule has 0 saturated heterocycles. The highest BCUT2D eigenvalue weighted by Gasteiger charge is 2.26. The second-order valence-electron chi connectivity index (χ2n) is 7.06. The normalized spacial score (nSPS) is 13.4. The molecule has 0 aliphatic carbocycles. The van der Waals surface area contributed by atoms with E-state index in [2.05, 4.69) is 29.4 Å². The molecule has 146 valence electrons. The molecule has 0 bridgehead atoms. The predicted octanol–water partition coefficient (Wildman–Crippen LogP) is 3.12. The molecule has 1 aromatic heterocycles. The highest BCUT2D eigenvalue weighted by Crippen LogP contribution is 2.22. The lowest BCUT2D eigenvalue weighted by Crippen LogP contribution is -2.30. The van der Waals surface area contributed by atoms with Gasteiger partial charge in [0, 0.05) is 12.3 Å². The van der Waals surface area contributed by atoms with E-state index >= 15 is 0 Å². The standard InChI is InChI=1S/C19H25N3O4S/c1-12(2)15-9-6-14(7-10-15)8-11-16(23)20-17(13(3)4)18-21-22-19(26-18)27(5,24)25/h6-13,17H,1-5H3,(H,20,23)/b11-8+/t17-/m0/s1. The zero-order chi connectivity index (χ0) is 20.2. The van der Waals surface area contributed by atoms with Crippen LogP contribution in [0.3, 0.4) is 0 Å². The Morgan fingerprint density at radius 2 is 1.74 bits per heavy atom. The number of carbonyl (C=O) groups is 1. The third-order valence-electron chi connectivity index (χ3n) is 4.00. The number of nitrogens with zero attached hydrogens (tertiary/aromatic N) is 2. The lowest BCUT2D eigenvalue weighted by Gasteiger charge is -2.17. The summed E-state index contributed by atoms with van der Waals surface area (Å²) in [6.45, 7) is 7.97. The van der Waals surface area contributed by atoms with Crippen LogP contribution in [0.2, 0.25) is 0 Å². The van der Waals surface area contributed by atoms with Crippen molar-refractivity contribution < 1.29 is 17.6 Å². The van der Waals surface area contributed by atoms with Crippen LogP contribution in [0.15, 0.2) is 40.0 Å². The van der Waals surface area contributed by atoms with E-state index in [1.165, 1.54) is 11.6 Å². The van der Waals surface area contributed by atoms with Crippen molar-refractivity contribution in [3.63, 3.8) is 0 Å². The van der Waals surface area contributed by atoms with Gasteiger partial charge in [-0.3, -0.25) is 4.79 Å². The topological polar surface area (TPSA) is 102 Å². The lowest BCUT2D eigenvalue weighted by atomic mass is 10.0. The highest BCUT2D eigenvalue weighted by atomic mass is 32.2. The predicted molar refractivity (Wildman–Crippen MR) is 103 cm³/mol. The molecule has 0 fully saturated rings. The van der Waals surface area contributed by atoms with E-state index in [0.29, 0.717) is 5.92 Å². The maximum absolute atomic E-state index is 12.3. The third kappa shape index (κ3) is 5.75. The fourth-order valence-electron chi connectivity index (χ4n) is 2.37. The van der Waals surface area contributed by atoms with Crippen molar-refractivity contribution in [1.29, 1.82) is 0 Å². The molecule has 1 atom stereocenters. The summed E-state index contributed by atoms with van der Waals surface area (Å²) >= 11 is 0. The van der Waals surface area contributed by atoms with Crippen molar-refractivity contribution in [3.05, 3.63) is 47.4 Å². The number of hydrogen-bond acceptors (Lipinski definition) is 6. The minimum Gasteiger partial charge on any atom is -0.410 e. The van der Waals surface area contributed by atoms with E-state index in [0.717, 1.165) is 11.8 Å². The first-order chi connectivity index (χ1) is 12.6. The molecule has 8 heteroatoms. The van der Waals surface area contributed by atoms with Crippen LogP contribution in [-0.4, -0.2) is 30.8 Å². The van der Waals surface area contributed by atoms with E-state index in [1.807, 2.05) is 38.1 Å². The van der Waals surface area contributed by atoms with Crippen molar-refractivity contribution in [1.82, 2.24) is 15.5 Å². The van der Waals surface area contributed by atoms with Crippen molar-refractivity contribution in [3.8, 4) is 0 Å². The van der Waals surface area contributed by atoms with Crippen LogP contribution in [0.25, 0.3) is 6.08 Å². The van der Waals surface area contributed by atoms with Gasteiger partial charge in [-0.25, -0.2) is 8.42 Å². The Morgan fingerprint density at radius 1 is 1.11 bits per heavy atom. The van der Waals surface area contributed by atoms with Gasteiger partial charge in [-0.1, -0.05) is 57.1 Å². The van der Waals surface area contributed by atoms with Gasteiger partial charge in [0.05, 0.1) is 0 Å². The average molecular weight is 391 g/mol. The molecule has 1 aromatic carbocycles. The summed E-state index contributed by atoms with van der Waals surface area (Å²) < 4.78 is 28.2. The average Bonchev–Trinajstić information content (AvgIpc) is 3.08. The fraction of sp³-hybridized carbons (Fsp3) is 0.421. The first kappa shape index (κ1) is 20.8. The smallest absolute Gasteiger partial charge is 0.335 e. The zero-order valence-electron chi connectivity index (χ0n) is 16.1. The van der Waals surface area contributed by atoms with Gasteiger partial charge in [-0.05, 0) is 29.0 Å². The van der Waals surface area contributed by atoms with Gasteiger partial charge in [0.15, 0.2) is 0 Å². The minimum atomic E-state index is -3.59. The summed E-state index contributed by atoms with van der Waals surface area (Å²) in [5.41, 5.74) is 2.14. The second-order valence-corrected chi connectivity index (χ2v) is 8.96. The van der Waals surface area contributed by atoms with Gasteiger partial charge in [0.1, 0.15) is 6.04 Å². The van der Waals surface area contributed by atoms with Crippen LogP contribution in [0.1, 0.15) is 56.7 Å². The third-order valence-corrected chi connectivity index (χ3v) is 4.80. The molecule has 0 aliphatic rings. The molecule has 2 rings (SSSR count). The SMILES string of the molecule is CC(C)c1ccc(/C=C/C(=O)N[C@H](c2nnc(S(C)(=O)=O)o2)C(C)C)cc1. The molecule has 2 aromatic rings. The van der Waals surface area contributed by atoms with Gasteiger partial charge >= 0.3 is 5.22 Å². The monoisotopic (exact) mass is 391 g/mol. The van der Waals surface area contributed by atoms with Crippen molar-refractivity contribution in [2.75, 3.05) is 6.26 Å². The van der Waals surface area contributed by atoms with Crippen LogP contribution >= 0.6 is 0 Å². The van der Waals surface area contributed by atoms with Gasteiger partial charge in [0.25, 0.3) is 0 Å². The van der Waals surface area contributed by atoms with Crippen LogP contribution < -0.4 is 5.32 Å². The minimum absolute atomic E-state index is 0.0634. The molecule has 0 spiro atoms. The van der Waals surface area contributed by atoms with Crippen molar-refractivity contribution in [2.45, 2.75) is 44.9 Å². The van der Waals surface area contributed by atoms with Crippen LogP contribution in [0.5, 0.6) is 0 Å². The maximum Gasteiger partial charge on any atom is 0.335 e. The molecule has 1 heterocycles. The molecular weight excluding hydrogens is 366 g/mol. The quantitative estimate of drug-likeness (QED) is 0.728. The number of rotatable bonds is 7. The van der Waals surface area contributed by atoms with Crippen molar-refractivity contribution >= 4 is 21.8 Å². The van der Waals surface area contributed by atoms with E-state index in [1.54, 1.807) is 6.08 Å². The Kier molecular flexibility index (Phi) is 6.54. The number of nitrogens with one attached hydrogen (secondary N) is 1. The second kappa shape index (κ2) is 8.47. The molecular formula is C19H25N3O4S. The number of benzene rings is 1. The summed E-state index contributed by atoms with van der Waals surface area (Å²) in [6, 6.07) is 7.38. The Morgan fingerprint density at radius 3 is 2.22 bits per heavy atom. The Hall–Kier alpha value is -2.48. The number of aromatic nitrogens is 2. The number of amides is 1. The molecule has 1 amide bonds. The van der Waals surface area contributed by atoms with Crippen LogP contribution in [0.4, 0.5) is 0 Å². The van der Waals surface area contributed by atoms with Gasteiger partial charge < -0.3 is 9.73 Å². The van der Waals surface area contributed by atoms with Gasteiger partial charge in [-0.2, -0.15) is 0 Å². The van der Waals surface area contributed by atoms with Crippen LogP contribution in [-0.2, 0) is 14.6 Å². The lowest BCUT2D eigenvalue weighted by molar-refractivity contribution is -0.117. The van der Waals surface area contributed by atoms with Gasteiger partial charge in [-0.15, -0.1) is 5.10 Å². The molecule has 27 heavy (non-hydrogen) atoms. The van der Waals surface area contributed by atoms with E-state index < -0.39 is 21.1 Å². The Balaban J connectivity index is 2.09. The summed E-state index contributed by atoms with van der Waals surface area (Å²) in [5, 5.41) is 9.63. The van der Waals surface area contributed by atoms with Gasteiger partial charge in [0.2, 0.25) is 21.6 Å². The summed E-state index contributed by atoms with van der Waals surface area (Å²) in [5.74, 6) is 0.110. The molecule has 7 nitrogen and oxygen atoms in total. The largest absolute Gasteiger partial charge is 0.410 e. The van der Waals surface area contributed by atoms with Crippen LogP contribution in [0, 0.1) is 5.92 Å². The van der Waals surface area contributed by atoms with Crippen molar-refractivity contribution in [2.24, 2.45) is 5.92 Å². The maximum atomic E-state index is 12.3. The van der Waals surface area contributed by atoms with E-state index in [4.69, 9.17) is 4.42 Å². The summed E-state index contributed by atoms with van der Waals surface area (Å²) in [4.78, 5) is 12.3. The van der Waals surface area contributed by atoms with E-state index in [9.17, 15) is 13.2 Å². The number of sulfone groups is 1. The molecule has 0 unspecified atom stereocenters. The molecule has 0 saturated carbocycles.